The number of fused-ring (bicyclic) bond motifs is 1. The van der Waals surface area contributed by atoms with E-state index in [0.29, 0.717) is 23.6 Å². The first kappa shape index (κ1) is 31.0. The van der Waals surface area contributed by atoms with E-state index < -0.39 is 61.0 Å². The van der Waals surface area contributed by atoms with Gasteiger partial charge in [-0.1, -0.05) is 24.3 Å². The maximum absolute atomic E-state index is 12.9. The van der Waals surface area contributed by atoms with Crippen LogP contribution in [0, 0.1) is 0 Å². The lowest BCUT2D eigenvalue weighted by molar-refractivity contribution is -0.155. The second kappa shape index (κ2) is 13.4. The van der Waals surface area contributed by atoms with Crippen LogP contribution < -0.4 is 20.5 Å². The molecule has 1 saturated carbocycles. The van der Waals surface area contributed by atoms with Gasteiger partial charge >= 0.3 is 0 Å². The molecule has 9 atom stereocenters. The second-order valence-electron chi connectivity index (χ2n) is 11.0. The summed E-state index contributed by atoms with van der Waals surface area (Å²) in [7, 11) is 0. The first-order valence-electron chi connectivity index (χ1n) is 14.1. The van der Waals surface area contributed by atoms with E-state index in [-0.39, 0.29) is 18.8 Å². The van der Waals surface area contributed by atoms with Crippen LogP contribution in [-0.4, -0.2) is 94.8 Å². The molecule has 1 amide bonds. The number of hydrogen-bond acceptors (Lipinski definition) is 11. The van der Waals surface area contributed by atoms with Gasteiger partial charge < -0.3 is 55.2 Å². The molecule has 2 saturated heterocycles. The van der Waals surface area contributed by atoms with E-state index in [0.717, 1.165) is 11.3 Å². The third-order valence-corrected chi connectivity index (χ3v) is 7.86. The molecule has 0 spiro atoms. The molecule has 2 aliphatic heterocycles. The van der Waals surface area contributed by atoms with Crippen LogP contribution in [-0.2, 0) is 19.0 Å². The molecule has 2 aromatic carbocycles. The molecule has 12 nitrogen and oxygen atoms in total. The molecule has 12 heteroatoms. The zero-order valence-corrected chi connectivity index (χ0v) is 23.9. The zero-order chi connectivity index (χ0) is 30.7. The molecular formula is C31H38N2O10. The van der Waals surface area contributed by atoms with Crippen LogP contribution in [0.15, 0.2) is 65.8 Å². The standard InChI is InChI=1S/C31H38N2O10/c1-16(10-11-39-19-6-4-3-5-7-19)28-21(34)14-23(43-28)42-22-9-8-18(13-20(22)32)12-17(2)31(38)33-24-25(35)27(37)30-29(26(24)36)40-15-41-30/h3-10,12-13,21,23-30,34-37H,11,14-15,32H2,1-2H3,(H,33,38)/b16-10-,17-12+/t21-,23+,24+,25-,26+,27+,28+,29-,30+/m0/s1. The number of benzene rings is 2. The molecule has 1 aliphatic carbocycles. The van der Waals surface area contributed by atoms with Crippen molar-refractivity contribution < 1.29 is 48.9 Å². The highest BCUT2D eigenvalue weighted by Gasteiger charge is 2.53. The van der Waals surface area contributed by atoms with Gasteiger partial charge in [0.05, 0.1) is 17.8 Å². The van der Waals surface area contributed by atoms with Gasteiger partial charge in [0.1, 0.15) is 61.5 Å². The van der Waals surface area contributed by atoms with Crippen LogP contribution >= 0.6 is 0 Å². The summed E-state index contributed by atoms with van der Waals surface area (Å²) in [6, 6.07) is 13.3. The Kier molecular flexibility index (Phi) is 9.67. The molecule has 2 aromatic rings. The van der Waals surface area contributed by atoms with Gasteiger partial charge in [-0.15, -0.1) is 0 Å². The predicted molar refractivity (Wildman–Crippen MR) is 155 cm³/mol. The van der Waals surface area contributed by atoms with Crippen molar-refractivity contribution in [2.75, 3.05) is 19.1 Å². The van der Waals surface area contributed by atoms with E-state index in [1.165, 1.54) is 0 Å². The number of hydrogen-bond donors (Lipinski definition) is 6. The van der Waals surface area contributed by atoms with E-state index in [1.54, 1.807) is 31.2 Å². The maximum Gasteiger partial charge on any atom is 0.247 e. The Bertz CT molecular complexity index is 1340. The Morgan fingerprint density at radius 3 is 2.47 bits per heavy atom. The predicted octanol–water partition coefficient (Wildman–Crippen LogP) is 0.875. The van der Waals surface area contributed by atoms with Crippen LogP contribution in [0.3, 0.4) is 0 Å². The van der Waals surface area contributed by atoms with Crippen molar-refractivity contribution in [3.8, 4) is 11.5 Å². The molecular weight excluding hydrogens is 560 g/mol. The molecule has 43 heavy (non-hydrogen) atoms. The van der Waals surface area contributed by atoms with Gasteiger partial charge in [0.15, 0.2) is 0 Å². The van der Waals surface area contributed by atoms with E-state index in [9.17, 15) is 25.2 Å². The van der Waals surface area contributed by atoms with Gasteiger partial charge in [0, 0.05) is 12.0 Å². The highest BCUT2D eigenvalue weighted by Crippen LogP contribution is 2.32. The third-order valence-electron chi connectivity index (χ3n) is 7.86. The lowest BCUT2D eigenvalue weighted by atomic mass is 9.83. The van der Waals surface area contributed by atoms with Crippen molar-refractivity contribution in [2.24, 2.45) is 0 Å². The monoisotopic (exact) mass is 598 g/mol. The topological polar surface area (TPSA) is 182 Å². The molecule has 0 radical (unpaired) electrons. The summed E-state index contributed by atoms with van der Waals surface area (Å²) >= 11 is 0. The molecule has 232 valence electrons. The molecule has 5 rings (SSSR count). The number of nitrogens with two attached hydrogens (primary N) is 1. The summed E-state index contributed by atoms with van der Waals surface area (Å²) in [4.78, 5) is 12.9. The van der Waals surface area contributed by atoms with Crippen molar-refractivity contribution in [1.29, 1.82) is 0 Å². The van der Waals surface area contributed by atoms with E-state index in [1.807, 2.05) is 43.3 Å². The van der Waals surface area contributed by atoms with Crippen molar-refractivity contribution in [3.05, 3.63) is 71.3 Å². The molecule has 0 aromatic heterocycles. The van der Waals surface area contributed by atoms with Crippen LogP contribution in [0.1, 0.15) is 25.8 Å². The Morgan fingerprint density at radius 2 is 1.74 bits per heavy atom. The summed E-state index contributed by atoms with van der Waals surface area (Å²) < 4.78 is 28.1. The van der Waals surface area contributed by atoms with Gasteiger partial charge in [-0.3, -0.25) is 4.79 Å². The number of aliphatic hydroxyl groups is 4. The largest absolute Gasteiger partial charge is 0.490 e. The van der Waals surface area contributed by atoms with Crippen molar-refractivity contribution >= 4 is 17.7 Å². The van der Waals surface area contributed by atoms with Gasteiger partial charge in [-0.2, -0.15) is 0 Å². The van der Waals surface area contributed by atoms with Crippen molar-refractivity contribution in [2.45, 2.75) is 75.3 Å². The number of carbonyl (C=O) groups is 1. The van der Waals surface area contributed by atoms with E-state index in [2.05, 4.69) is 5.32 Å². The Hall–Kier alpha value is -3.49. The number of amides is 1. The number of nitrogen functional groups attached to an aromatic ring is 1. The first-order valence-corrected chi connectivity index (χ1v) is 14.1. The second-order valence-corrected chi connectivity index (χ2v) is 11.0. The molecule has 3 fully saturated rings. The summed E-state index contributed by atoms with van der Waals surface area (Å²) in [5, 5.41) is 44.5. The van der Waals surface area contributed by atoms with Gasteiger partial charge in [-0.05, 0) is 61.4 Å². The van der Waals surface area contributed by atoms with Gasteiger partial charge in [0.2, 0.25) is 12.2 Å². The summed E-state index contributed by atoms with van der Waals surface area (Å²) in [5.41, 5.74) is 8.24. The maximum atomic E-state index is 12.9. The average Bonchev–Trinajstić information content (AvgIpc) is 3.63. The Morgan fingerprint density at radius 1 is 1.02 bits per heavy atom. The molecule has 2 heterocycles. The van der Waals surface area contributed by atoms with Crippen molar-refractivity contribution in [1.82, 2.24) is 5.32 Å². The number of anilines is 1. The number of ether oxygens (including phenoxy) is 5. The Labute approximate surface area is 249 Å². The fourth-order valence-corrected chi connectivity index (χ4v) is 5.46. The lowest BCUT2D eigenvalue weighted by Gasteiger charge is -2.41. The van der Waals surface area contributed by atoms with E-state index in [4.69, 9.17) is 29.4 Å². The van der Waals surface area contributed by atoms with Gasteiger partial charge in [0.25, 0.3) is 0 Å². The SMILES string of the molecule is C/C(=C/COc1ccccc1)[C@H]1O[C@@H](Oc2ccc(/C=C(\C)C(=O)N[C@@H]3[C@H](O)[C@@H](O)[C@H]4OCO[C@H]4[C@@H]3O)cc2N)C[C@@H]1O. The smallest absolute Gasteiger partial charge is 0.247 e. The van der Waals surface area contributed by atoms with E-state index >= 15 is 0 Å². The molecule has 3 aliphatic rings. The minimum Gasteiger partial charge on any atom is -0.490 e. The fourth-order valence-electron chi connectivity index (χ4n) is 5.46. The summed E-state index contributed by atoms with van der Waals surface area (Å²) in [6.07, 6.45) is -4.10. The molecule has 7 N–H and O–H groups in total. The zero-order valence-electron chi connectivity index (χ0n) is 23.9. The lowest BCUT2D eigenvalue weighted by Crippen LogP contribution is -2.67. The fraction of sp³-hybridized carbons (Fsp3) is 0.452. The van der Waals surface area contributed by atoms with Crippen LogP contribution in [0.5, 0.6) is 11.5 Å². The Balaban J connectivity index is 1.16. The number of carbonyl (C=O) groups excluding carboxylic acids is 1. The number of rotatable bonds is 9. The third kappa shape index (κ3) is 7.02. The quantitative estimate of drug-likeness (QED) is 0.137. The van der Waals surface area contributed by atoms with Crippen LogP contribution in [0.4, 0.5) is 5.69 Å². The number of para-hydroxylation sites is 1. The number of nitrogens with one attached hydrogen (secondary N) is 1. The van der Waals surface area contributed by atoms with Gasteiger partial charge in [-0.25, -0.2) is 0 Å². The van der Waals surface area contributed by atoms with Crippen molar-refractivity contribution in [3.63, 3.8) is 0 Å². The highest BCUT2D eigenvalue weighted by atomic mass is 16.7. The van der Waals surface area contributed by atoms with Crippen LogP contribution in [0.2, 0.25) is 0 Å². The highest BCUT2D eigenvalue weighted by molar-refractivity contribution is 5.97. The minimum absolute atomic E-state index is 0.119. The summed E-state index contributed by atoms with van der Waals surface area (Å²) in [5.74, 6) is 0.560. The first-order chi connectivity index (χ1) is 20.6. The van der Waals surface area contributed by atoms with Crippen LogP contribution in [0.25, 0.3) is 6.08 Å². The number of aliphatic hydroxyl groups excluding tert-OH is 4. The summed E-state index contributed by atoms with van der Waals surface area (Å²) in [6.45, 7) is 3.65. The normalized spacial score (nSPS) is 32.7. The molecule has 0 bridgehead atoms. The minimum atomic E-state index is -1.44. The average molecular weight is 599 g/mol. The molecule has 0 unspecified atom stereocenters.